The zero-order valence-electron chi connectivity index (χ0n) is 9.11. The molecule has 2 aromatic heterocycles. The Balaban J connectivity index is 1.84. The molecule has 5 nitrogen and oxygen atoms in total. The minimum absolute atomic E-state index is 0.701. The van der Waals surface area contributed by atoms with E-state index in [-0.39, 0.29) is 0 Å². The topological polar surface area (TPSA) is 59.4 Å². The minimum Gasteiger partial charge on any atom is -0.314 e. The van der Waals surface area contributed by atoms with Crippen molar-refractivity contribution in [2.75, 3.05) is 0 Å². The van der Waals surface area contributed by atoms with E-state index in [2.05, 4.69) is 20.4 Å². The predicted molar refractivity (Wildman–Crippen MR) is 63.1 cm³/mol. The monoisotopic (exact) mass is 225 g/mol. The van der Waals surface area contributed by atoms with Gasteiger partial charge >= 0.3 is 0 Å². The average molecular weight is 225 g/mol. The number of nitrogens with zero attached hydrogens (tertiary/aromatic N) is 4. The molecule has 0 saturated carbocycles. The van der Waals surface area contributed by atoms with Gasteiger partial charge in [-0.1, -0.05) is 30.3 Å². The van der Waals surface area contributed by atoms with Crippen molar-refractivity contribution >= 4 is 0 Å². The van der Waals surface area contributed by atoms with E-state index in [0.29, 0.717) is 6.54 Å². The number of hydrogen-bond acceptors (Lipinski definition) is 3. The molecule has 1 aromatic carbocycles. The van der Waals surface area contributed by atoms with Crippen molar-refractivity contribution in [3.63, 3.8) is 0 Å². The third kappa shape index (κ3) is 2.08. The molecule has 17 heavy (non-hydrogen) atoms. The van der Waals surface area contributed by atoms with E-state index in [1.54, 1.807) is 12.7 Å². The second kappa shape index (κ2) is 4.21. The highest BCUT2D eigenvalue weighted by Gasteiger charge is 2.03. The molecule has 3 rings (SSSR count). The highest BCUT2D eigenvalue weighted by atomic mass is 15.2. The lowest BCUT2D eigenvalue weighted by molar-refractivity contribution is 0.764. The number of H-pyrrole nitrogens is 1. The van der Waals surface area contributed by atoms with E-state index >= 15 is 0 Å². The van der Waals surface area contributed by atoms with Gasteiger partial charge in [-0.25, -0.2) is 0 Å². The summed E-state index contributed by atoms with van der Waals surface area (Å²) in [5.41, 5.74) is 3.09. The van der Waals surface area contributed by atoms with E-state index in [0.717, 1.165) is 17.0 Å². The summed E-state index contributed by atoms with van der Waals surface area (Å²) in [6.07, 6.45) is 3.37. The molecule has 2 heterocycles. The Hall–Kier alpha value is -2.43. The maximum atomic E-state index is 4.29. The molecule has 0 bridgehead atoms. The van der Waals surface area contributed by atoms with Crippen molar-refractivity contribution in [3.8, 4) is 11.3 Å². The highest BCUT2D eigenvalue weighted by molar-refractivity contribution is 5.58. The van der Waals surface area contributed by atoms with Crippen LogP contribution < -0.4 is 0 Å². The molecule has 0 aliphatic carbocycles. The Bertz CT molecular complexity index is 582. The lowest BCUT2D eigenvalue weighted by Crippen LogP contribution is -1.96. The standard InChI is InChI=1S/C12H11N5/c1-2-4-10(5-3-1)12-6-11(15-16-12)7-17-8-13-14-9-17/h1-6,8-9H,7H2,(H,15,16). The van der Waals surface area contributed by atoms with Crippen LogP contribution in [-0.2, 0) is 6.54 Å². The normalized spacial score (nSPS) is 10.6. The van der Waals surface area contributed by atoms with E-state index < -0.39 is 0 Å². The second-order valence-electron chi connectivity index (χ2n) is 3.78. The maximum Gasteiger partial charge on any atom is 0.119 e. The molecule has 0 radical (unpaired) electrons. The molecule has 0 atom stereocenters. The van der Waals surface area contributed by atoms with Crippen LogP contribution in [0.4, 0.5) is 0 Å². The fourth-order valence-corrected chi connectivity index (χ4v) is 1.70. The van der Waals surface area contributed by atoms with Gasteiger partial charge in [0.15, 0.2) is 0 Å². The van der Waals surface area contributed by atoms with Gasteiger partial charge < -0.3 is 4.57 Å². The van der Waals surface area contributed by atoms with Crippen LogP contribution in [0.5, 0.6) is 0 Å². The minimum atomic E-state index is 0.701. The third-order valence-corrected chi connectivity index (χ3v) is 2.52. The van der Waals surface area contributed by atoms with Gasteiger partial charge in [-0.05, 0) is 6.07 Å². The summed E-state index contributed by atoms with van der Waals surface area (Å²) in [5, 5.41) is 14.8. The summed E-state index contributed by atoms with van der Waals surface area (Å²) >= 11 is 0. The number of nitrogens with one attached hydrogen (secondary N) is 1. The summed E-state index contributed by atoms with van der Waals surface area (Å²) in [6.45, 7) is 0.701. The molecule has 0 aliphatic heterocycles. The third-order valence-electron chi connectivity index (χ3n) is 2.52. The van der Waals surface area contributed by atoms with Gasteiger partial charge in [0.1, 0.15) is 12.7 Å². The lowest BCUT2D eigenvalue weighted by Gasteiger charge is -1.95. The first-order valence-corrected chi connectivity index (χ1v) is 5.34. The largest absolute Gasteiger partial charge is 0.314 e. The molecule has 5 heteroatoms. The van der Waals surface area contributed by atoms with Gasteiger partial charge in [-0.3, -0.25) is 5.10 Å². The van der Waals surface area contributed by atoms with E-state index in [1.807, 2.05) is 41.0 Å². The number of aromatic nitrogens is 5. The predicted octanol–water partition coefficient (Wildman–Crippen LogP) is 1.72. The molecular formula is C12H11N5. The number of benzene rings is 1. The molecule has 0 fully saturated rings. The Labute approximate surface area is 98.1 Å². The van der Waals surface area contributed by atoms with E-state index in [4.69, 9.17) is 0 Å². The average Bonchev–Trinajstić information content (AvgIpc) is 3.02. The van der Waals surface area contributed by atoms with Crippen molar-refractivity contribution in [2.24, 2.45) is 0 Å². The first kappa shape index (κ1) is 9.77. The van der Waals surface area contributed by atoms with Gasteiger partial charge in [-0.15, -0.1) is 10.2 Å². The van der Waals surface area contributed by atoms with Crippen molar-refractivity contribution in [1.29, 1.82) is 0 Å². The second-order valence-corrected chi connectivity index (χ2v) is 3.78. The Morgan fingerprint density at radius 3 is 2.59 bits per heavy atom. The fourth-order valence-electron chi connectivity index (χ4n) is 1.70. The molecular weight excluding hydrogens is 214 g/mol. The Kier molecular flexibility index (Phi) is 2.42. The van der Waals surface area contributed by atoms with Crippen LogP contribution in [0.3, 0.4) is 0 Å². The van der Waals surface area contributed by atoms with Gasteiger partial charge in [0.05, 0.1) is 17.9 Å². The Morgan fingerprint density at radius 1 is 1.06 bits per heavy atom. The van der Waals surface area contributed by atoms with Crippen molar-refractivity contribution in [1.82, 2.24) is 25.0 Å². The molecule has 3 aromatic rings. The van der Waals surface area contributed by atoms with Crippen LogP contribution in [0, 0.1) is 0 Å². The molecule has 0 unspecified atom stereocenters. The van der Waals surface area contributed by atoms with Crippen molar-refractivity contribution in [3.05, 3.63) is 54.7 Å². The smallest absolute Gasteiger partial charge is 0.119 e. The first-order valence-electron chi connectivity index (χ1n) is 5.34. The van der Waals surface area contributed by atoms with Crippen LogP contribution in [0.1, 0.15) is 5.69 Å². The van der Waals surface area contributed by atoms with E-state index in [1.165, 1.54) is 0 Å². The van der Waals surface area contributed by atoms with Gasteiger partial charge in [-0.2, -0.15) is 5.10 Å². The molecule has 0 amide bonds. The van der Waals surface area contributed by atoms with Crippen LogP contribution in [-0.4, -0.2) is 25.0 Å². The summed E-state index contributed by atoms with van der Waals surface area (Å²) in [5.74, 6) is 0. The molecule has 1 N–H and O–H groups in total. The summed E-state index contributed by atoms with van der Waals surface area (Å²) in [6, 6.07) is 12.1. The van der Waals surface area contributed by atoms with Crippen LogP contribution in [0.2, 0.25) is 0 Å². The SMILES string of the molecule is c1ccc(-c2cc(Cn3cnnc3)[nH]n2)cc1. The lowest BCUT2D eigenvalue weighted by atomic mass is 10.1. The molecule has 0 saturated heterocycles. The van der Waals surface area contributed by atoms with Crippen molar-refractivity contribution in [2.45, 2.75) is 6.54 Å². The van der Waals surface area contributed by atoms with Crippen LogP contribution in [0.15, 0.2) is 49.1 Å². The van der Waals surface area contributed by atoms with E-state index in [9.17, 15) is 0 Å². The summed E-state index contributed by atoms with van der Waals surface area (Å²) in [4.78, 5) is 0. The molecule has 0 aliphatic rings. The van der Waals surface area contributed by atoms with Gasteiger partial charge in [0.2, 0.25) is 0 Å². The number of rotatable bonds is 3. The van der Waals surface area contributed by atoms with Gasteiger partial charge in [0.25, 0.3) is 0 Å². The molecule has 0 spiro atoms. The highest BCUT2D eigenvalue weighted by Crippen LogP contribution is 2.17. The van der Waals surface area contributed by atoms with Crippen LogP contribution in [0.25, 0.3) is 11.3 Å². The van der Waals surface area contributed by atoms with Crippen molar-refractivity contribution < 1.29 is 0 Å². The first-order chi connectivity index (χ1) is 8.42. The fraction of sp³-hybridized carbons (Fsp3) is 0.0833. The summed E-state index contributed by atoms with van der Waals surface area (Å²) in [7, 11) is 0. The summed E-state index contributed by atoms with van der Waals surface area (Å²) < 4.78 is 1.89. The maximum absolute atomic E-state index is 4.29. The number of aromatic amines is 1. The van der Waals surface area contributed by atoms with Crippen LogP contribution >= 0.6 is 0 Å². The van der Waals surface area contributed by atoms with Gasteiger partial charge in [0, 0.05) is 5.56 Å². The zero-order valence-corrected chi connectivity index (χ0v) is 9.11. The zero-order chi connectivity index (χ0) is 11.5. The quantitative estimate of drug-likeness (QED) is 0.738. The Morgan fingerprint density at radius 2 is 1.82 bits per heavy atom. The number of hydrogen-bond donors (Lipinski definition) is 1. The molecule has 84 valence electrons.